The zero-order chi connectivity index (χ0) is 14.5. The van der Waals surface area contributed by atoms with Crippen molar-refractivity contribution >= 4 is 10.0 Å². The molecule has 1 atom stereocenters. The lowest BCUT2D eigenvalue weighted by Crippen LogP contribution is -2.38. The van der Waals surface area contributed by atoms with E-state index >= 15 is 0 Å². The van der Waals surface area contributed by atoms with Crippen LogP contribution >= 0.6 is 0 Å². The highest BCUT2D eigenvalue weighted by atomic mass is 32.2. The maximum absolute atomic E-state index is 11.9. The molecule has 0 aliphatic heterocycles. The lowest BCUT2D eigenvalue weighted by molar-refractivity contribution is 0.486. The predicted octanol–water partition coefficient (Wildman–Crippen LogP) is 0.605. The number of nitrogens with two attached hydrogens (primary N) is 1. The van der Waals surface area contributed by atoms with E-state index in [1.54, 1.807) is 0 Å². The van der Waals surface area contributed by atoms with Gasteiger partial charge in [0.2, 0.25) is 10.0 Å². The Kier molecular flexibility index (Phi) is 5.42. The molecule has 0 aliphatic carbocycles. The topological polar surface area (TPSA) is 109 Å². The molecule has 1 aromatic rings. The van der Waals surface area contributed by atoms with E-state index in [0.717, 1.165) is 12.6 Å². The van der Waals surface area contributed by atoms with Crippen molar-refractivity contribution < 1.29 is 8.42 Å². The van der Waals surface area contributed by atoms with Crippen molar-refractivity contribution in [2.24, 2.45) is 11.7 Å². The highest BCUT2D eigenvalue weighted by Crippen LogP contribution is 2.08. The van der Waals surface area contributed by atoms with Gasteiger partial charge in [-0.1, -0.05) is 13.8 Å². The van der Waals surface area contributed by atoms with Crippen molar-refractivity contribution in [2.45, 2.75) is 31.2 Å². The summed E-state index contributed by atoms with van der Waals surface area (Å²) in [6.07, 6.45) is 1.91. The summed E-state index contributed by atoms with van der Waals surface area (Å²) in [5.41, 5.74) is 6.00. The standard InChI is InChI=1S/C12H18N4O2S/c1-9(2)5-10(14)7-16-19(17,18)12-4-3-11(6-13)15-8-12/h3-4,8-10,16H,5,7,14H2,1-2H3. The molecule has 0 spiro atoms. The lowest BCUT2D eigenvalue weighted by Gasteiger charge is -2.14. The van der Waals surface area contributed by atoms with Crippen molar-refractivity contribution in [1.29, 1.82) is 5.26 Å². The fraction of sp³-hybridized carbons (Fsp3) is 0.500. The van der Waals surface area contributed by atoms with Crippen LogP contribution in [0.1, 0.15) is 26.0 Å². The quantitative estimate of drug-likeness (QED) is 0.794. The van der Waals surface area contributed by atoms with Gasteiger partial charge in [-0.3, -0.25) is 0 Å². The number of rotatable bonds is 6. The van der Waals surface area contributed by atoms with E-state index in [-0.39, 0.29) is 23.2 Å². The zero-order valence-electron chi connectivity index (χ0n) is 11.0. The number of sulfonamides is 1. The van der Waals surface area contributed by atoms with Crippen LogP contribution in [0.3, 0.4) is 0 Å². The average molecular weight is 282 g/mol. The molecule has 3 N–H and O–H groups in total. The predicted molar refractivity (Wildman–Crippen MR) is 71.6 cm³/mol. The van der Waals surface area contributed by atoms with Crippen molar-refractivity contribution in [1.82, 2.24) is 9.71 Å². The zero-order valence-corrected chi connectivity index (χ0v) is 11.8. The first-order chi connectivity index (χ1) is 8.85. The van der Waals surface area contributed by atoms with E-state index in [9.17, 15) is 8.42 Å². The van der Waals surface area contributed by atoms with Crippen LogP contribution in [0.5, 0.6) is 0 Å². The summed E-state index contributed by atoms with van der Waals surface area (Å²) in [6.45, 7) is 4.23. The van der Waals surface area contributed by atoms with Crippen molar-refractivity contribution in [3.8, 4) is 6.07 Å². The molecule has 19 heavy (non-hydrogen) atoms. The largest absolute Gasteiger partial charge is 0.327 e. The number of pyridine rings is 1. The number of hydrogen-bond acceptors (Lipinski definition) is 5. The number of nitrogens with zero attached hydrogens (tertiary/aromatic N) is 2. The molecule has 0 fully saturated rings. The van der Waals surface area contributed by atoms with Crippen molar-refractivity contribution in [3.63, 3.8) is 0 Å². The first kappa shape index (κ1) is 15.6. The molecular formula is C12H18N4O2S. The molecule has 1 unspecified atom stereocenters. The molecule has 1 heterocycles. The van der Waals surface area contributed by atoms with E-state index in [1.807, 2.05) is 19.9 Å². The molecule has 0 amide bonds. The van der Waals surface area contributed by atoms with E-state index < -0.39 is 10.0 Å². The molecule has 1 rings (SSSR count). The maximum atomic E-state index is 11.9. The van der Waals surface area contributed by atoms with Crippen LogP contribution in [-0.2, 0) is 10.0 Å². The Labute approximate surface area is 113 Å². The normalized spacial score (nSPS) is 13.2. The average Bonchev–Trinajstić information content (AvgIpc) is 2.36. The first-order valence-corrected chi connectivity index (χ1v) is 7.45. The Hall–Kier alpha value is -1.49. The molecule has 7 heteroatoms. The number of aromatic nitrogens is 1. The summed E-state index contributed by atoms with van der Waals surface area (Å²) < 4.78 is 26.3. The fourth-order valence-electron chi connectivity index (χ4n) is 1.59. The van der Waals surface area contributed by atoms with Crippen molar-refractivity contribution in [2.75, 3.05) is 6.54 Å². The molecule has 1 aromatic heterocycles. The third-order valence-corrected chi connectivity index (χ3v) is 3.88. The Balaban J connectivity index is 2.68. The number of nitriles is 1. The Bertz CT molecular complexity index is 546. The van der Waals surface area contributed by atoms with Gasteiger partial charge in [0.15, 0.2) is 0 Å². The summed E-state index contributed by atoms with van der Waals surface area (Å²) in [5.74, 6) is 0.413. The van der Waals surface area contributed by atoms with Gasteiger partial charge in [0.25, 0.3) is 0 Å². The second kappa shape index (κ2) is 6.61. The van der Waals surface area contributed by atoms with Gasteiger partial charge in [0.1, 0.15) is 16.7 Å². The van der Waals surface area contributed by atoms with Crippen LogP contribution in [0.2, 0.25) is 0 Å². The highest BCUT2D eigenvalue weighted by molar-refractivity contribution is 7.89. The minimum Gasteiger partial charge on any atom is -0.327 e. The summed E-state index contributed by atoms with van der Waals surface area (Å²) in [6, 6.07) is 4.32. The summed E-state index contributed by atoms with van der Waals surface area (Å²) >= 11 is 0. The van der Waals surface area contributed by atoms with Crippen LogP contribution in [0, 0.1) is 17.2 Å². The molecule has 0 bridgehead atoms. The van der Waals surface area contributed by atoms with Gasteiger partial charge in [-0.05, 0) is 24.5 Å². The summed E-state index contributed by atoms with van der Waals surface area (Å²) in [4.78, 5) is 3.76. The number of nitrogens with one attached hydrogen (secondary N) is 1. The van der Waals surface area contributed by atoms with Gasteiger partial charge in [-0.15, -0.1) is 0 Å². The second-order valence-electron chi connectivity index (χ2n) is 4.73. The van der Waals surface area contributed by atoms with Crippen LogP contribution in [0.25, 0.3) is 0 Å². The van der Waals surface area contributed by atoms with E-state index in [4.69, 9.17) is 11.0 Å². The van der Waals surface area contributed by atoms with Crippen LogP contribution < -0.4 is 10.5 Å². The third kappa shape index (κ3) is 4.95. The minimum absolute atomic E-state index is 0.0308. The lowest BCUT2D eigenvalue weighted by atomic mass is 10.1. The van der Waals surface area contributed by atoms with Gasteiger partial charge < -0.3 is 5.73 Å². The van der Waals surface area contributed by atoms with Gasteiger partial charge >= 0.3 is 0 Å². The molecule has 0 radical (unpaired) electrons. The summed E-state index contributed by atoms with van der Waals surface area (Å²) in [7, 11) is -3.62. The molecule has 6 nitrogen and oxygen atoms in total. The maximum Gasteiger partial charge on any atom is 0.242 e. The number of hydrogen-bond donors (Lipinski definition) is 2. The van der Waals surface area contributed by atoms with Gasteiger partial charge in [0.05, 0.1) is 0 Å². The highest BCUT2D eigenvalue weighted by Gasteiger charge is 2.16. The smallest absolute Gasteiger partial charge is 0.242 e. The van der Waals surface area contributed by atoms with E-state index in [0.29, 0.717) is 5.92 Å². The van der Waals surface area contributed by atoms with Gasteiger partial charge in [0, 0.05) is 18.8 Å². The molecule has 0 saturated heterocycles. The Morgan fingerprint density at radius 2 is 2.16 bits per heavy atom. The third-order valence-electron chi connectivity index (χ3n) is 2.47. The second-order valence-corrected chi connectivity index (χ2v) is 6.50. The van der Waals surface area contributed by atoms with Crippen molar-refractivity contribution in [3.05, 3.63) is 24.0 Å². The van der Waals surface area contributed by atoms with Crippen LogP contribution in [0.15, 0.2) is 23.2 Å². The van der Waals surface area contributed by atoms with Gasteiger partial charge in [-0.25, -0.2) is 18.1 Å². The molecule has 0 saturated carbocycles. The van der Waals surface area contributed by atoms with E-state index in [2.05, 4.69) is 9.71 Å². The Morgan fingerprint density at radius 3 is 2.63 bits per heavy atom. The molecule has 0 aromatic carbocycles. The Morgan fingerprint density at radius 1 is 1.47 bits per heavy atom. The SMILES string of the molecule is CC(C)CC(N)CNS(=O)(=O)c1ccc(C#N)nc1. The monoisotopic (exact) mass is 282 g/mol. The van der Waals surface area contributed by atoms with Crippen LogP contribution in [-0.4, -0.2) is 26.0 Å². The fourth-order valence-corrected chi connectivity index (χ4v) is 2.63. The molecule has 0 aliphatic rings. The first-order valence-electron chi connectivity index (χ1n) is 5.96. The van der Waals surface area contributed by atoms with Crippen LogP contribution in [0.4, 0.5) is 0 Å². The molecular weight excluding hydrogens is 264 g/mol. The molecule has 104 valence electrons. The van der Waals surface area contributed by atoms with Gasteiger partial charge in [-0.2, -0.15) is 5.26 Å². The minimum atomic E-state index is -3.62. The van der Waals surface area contributed by atoms with E-state index in [1.165, 1.54) is 12.1 Å². The summed E-state index contributed by atoms with van der Waals surface area (Å²) in [5, 5.41) is 8.60.